The van der Waals surface area contributed by atoms with Crippen molar-refractivity contribution in [3.8, 4) is 0 Å². The highest BCUT2D eigenvalue weighted by atomic mass is 35.5. The van der Waals surface area contributed by atoms with E-state index in [4.69, 9.17) is 11.6 Å². The van der Waals surface area contributed by atoms with Gasteiger partial charge in [-0.25, -0.2) is 9.67 Å². The minimum atomic E-state index is -0.198. The number of nitrogens with zero attached hydrogens (tertiary/aromatic N) is 3. The normalized spacial score (nSPS) is 10.5. The number of nitrogens with one attached hydrogen (secondary N) is 1. The summed E-state index contributed by atoms with van der Waals surface area (Å²) >= 11 is 5.80. The zero-order valence-electron chi connectivity index (χ0n) is 13.9. The Bertz CT molecular complexity index is 875. The molecular formula is C19H17ClN4O2. The van der Waals surface area contributed by atoms with E-state index in [0.29, 0.717) is 22.8 Å². The molecule has 0 saturated carbocycles. The number of benzene rings is 2. The van der Waals surface area contributed by atoms with Crippen molar-refractivity contribution in [1.82, 2.24) is 14.8 Å². The Morgan fingerprint density at radius 3 is 2.38 bits per heavy atom. The monoisotopic (exact) mass is 368 g/mol. The van der Waals surface area contributed by atoms with Gasteiger partial charge < -0.3 is 5.32 Å². The lowest BCUT2D eigenvalue weighted by Gasteiger charge is -2.07. The molecular weight excluding hydrogens is 352 g/mol. The second-order valence-electron chi connectivity index (χ2n) is 5.77. The van der Waals surface area contributed by atoms with E-state index in [0.717, 1.165) is 5.56 Å². The maximum Gasteiger partial charge on any atom is 0.224 e. The SMILES string of the molecule is O=C(CCC(=O)c1ccc(Cl)cc1)Nc1ccc(Cn2cncn2)cc1. The summed E-state index contributed by atoms with van der Waals surface area (Å²) in [6.45, 7) is 0.615. The van der Waals surface area contributed by atoms with Crippen molar-refractivity contribution >= 4 is 29.0 Å². The van der Waals surface area contributed by atoms with Gasteiger partial charge in [0.25, 0.3) is 0 Å². The number of carbonyl (C=O) groups is 2. The first kappa shape index (κ1) is 17.8. The van der Waals surface area contributed by atoms with Crippen LogP contribution in [0.4, 0.5) is 5.69 Å². The molecule has 0 bridgehead atoms. The van der Waals surface area contributed by atoms with Gasteiger partial charge in [0, 0.05) is 29.1 Å². The molecule has 6 nitrogen and oxygen atoms in total. The van der Waals surface area contributed by atoms with Crippen LogP contribution in [0.3, 0.4) is 0 Å². The Kier molecular flexibility index (Phi) is 5.76. The van der Waals surface area contributed by atoms with E-state index in [-0.39, 0.29) is 24.5 Å². The molecule has 1 N–H and O–H groups in total. The Hall–Kier alpha value is -2.99. The summed E-state index contributed by atoms with van der Waals surface area (Å²) < 4.78 is 1.72. The predicted molar refractivity (Wildman–Crippen MR) is 99.2 cm³/mol. The third-order valence-electron chi connectivity index (χ3n) is 3.79. The number of amides is 1. The Morgan fingerprint density at radius 1 is 1.00 bits per heavy atom. The van der Waals surface area contributed by atoms with Crippen molar-refractivity contribution in [1.29, 1.82) is 0 Å². The first-order chi connectivity index (χ1) is 12.6. The van der Waals surface area contributed by atoms with E-state index in [9.17, 15) is 9.59 Å². The van der Waals surface area contributed by atoms with Gasteiger partial charge in [0.2, 0.25) is 5.91 Å². The van der Waals surface area contributed by atoms with Gasteiger partial charge in [-0.1, -0.05) is 23.7 Å². The highest BCUT2D eigenvalue weighted by molar-refractivity contribution is 6.30. The number of Topliss-reactive ketones (excluding diaryl/α,β-unsaturated/α-hetero) is 1. The van der Waals surface area contributed by atoms with Gasteiger partial charge in [-0.3, -0.25) is 9.59 Å². The summed E-state index contributed by atoms with van der Waals surface area (Å²) in [5.41, 5.74) is 2.29. The molecule has 2 aromatic carbocycles. The number of hydrogen-bond acceptors (Lipinski definition) is 4. The van der Waals surface area contributed by atoms with Crippen LogP contribution in [0.5, 0.6) is 0 Å². The molecule has 0 radical (unpaired) electrons. The molecule has 0 aliphatic rings. The van der Waals surface area contributed by atoms with Crippen LogP contribution in [-0.2, 0) is 11.3 Å². The first-order valence-electron chi connectivity index (χ1n) is 8.10. The van der Waals surface area contributed by atoms with Gasteiger partial charge in [-0.2, -0.15) is 5.10 Å². The second kappa shape index (κ2) is 8.40. The molecule has 1 aromatic heterocycles. The summed E-state index contributed by atoms with van der Waals surface area (Å²) in [5, 5.41) is 7.42. The summed E-state index contributed by atoms with van der Waals surface area (Å²) in [6.07, 6.45) is 3.41. The number of ketones is 1. The van der Waals surface area contributed by atoms with Crippen LogP contribution in [0.1, 0.15) is 28.8 Å². The summed E-state index contributed by atoms with van der Waals surface area (Å²) in [5.74, 6) is -0.281. The zero-order valence-corrected chi connectivity index (χ0v) is 14.7. The summed E-state index contributed by atoms with van der Waals surface area (Å²) in [6, 6.07) is 14.1. The van der Waals surface area contributed by atoms with E-state index in [2.05, 4.69) is 15.4 Å². The van der Waals surface area contributed by atoms with Gasteiger partial charge in [-0.05, 0) is 42.0 Å². The fourth-order valence-corrected chi connectivity index (χ4v) is 2.55. The third-order valence-corrected chi connectivity index (χ3v) is 4.05. The molecule has 0 fully saturated rings. The smallest absolute Gasteiger partial charge is 0.224 e. The maximum absolute atomic E-state index is 12.1. The molecule has 3 rings (SSSR count). The van der Waals surface area contributed by atoms with Gasteiger partial charge >= 0.3 is 0 Å². The molecule has 0 aliphatic carbocycles. The van der Waals surface area contributed by atoms with Crippen molar-refractivity contribution in [2.75, 3.05) is 5.32 Å². The van der Waals surface area contributed by atoms with E-state index in [1.165, 1.54) is 6.33 Å². The van der Waals surface area contributed by atoms with E-state index in [1.807, 2.05) is 24.3 Å². The molecule has 0 unspecified atom stereocenters. The summed E-state index contributed by atoms with van der Waals surface area (Å²) in [7, 11) is 0. The van der Waals surface area contributed by atoms with Crippen LogP contribution >= 0.6 is 11.6 Å². The Morgan fingerprint density at radius 2 is 1.73 bits per heavy atom. The topological polar surface area (TPSA) is 76.9 Å². The van der Waals surface area contributed by atoms with E-state index in [1.54, 1.807) is 35.3 Å². The van der Waals surface area contributed by atoms with E-state index >= 15 is 0 Å². The van der Waals surface area contributed by atoms with Crippen LogP contribution in [-0.4, -0.2) is 26.5 Å². The fraction of sp³-hybridized carbons (Fsp3) is 0.158. The lowest BCUT2D eigenvalue weighted by molar-refractivity contribution is -0.116. The molecule has 0 saturated heterocycles. The number of carbonyl (C=O) groups excluding carboxylic acids is 2. The van der Waals surface area contributed by atoms with Crippen LogP contribution < -0.4 is 5.32 Å². The van der Waals surface area contributed by atoms with Crippen molar-refractivity contribution < 1.29 is 9.59 Å². The molecule has 3 aromatic rings. The lowest BCUT2D eigenvalue weighted by Crippen LogP contribution is -2.13. The molecule has 1 heterocycles. The van der Waals surface area contributed by atoms with Gasteiger partial charge in [-0.15, -0.1) is 0 Å². The quantitative estimate of drug-likeness (QED) is 0.646. The van der Waals surface area contributed by atoms with Crippen molar-refractivity contribution in [3.05, 3.63) is 77.3 Å². The van der Waals surface area contributed by atoms with Crippen LogP contribution in [0.15, 0.2) is 61.2 Å². The van der Waals surface area contributed by atoms with Crippen LogP contribution in [0.2, 0.25) is 5.02 Å². The Labute approximate surface area is 155 Å². The van der Waals surface area contributed by atoms with Crippen molar-refractivity contribution in [3.63, 3.8) is 0 Å². The number of halogens is 1. The van der Waals surface area contributed by atoms with Crippen molar-refractivity contribution in [2.24, 2.45) is 0 Å². The van der Waals surface area contributed by atoms with Gasteiger partial charge in [0.1, 0.15) is 12.7 Å². The zero-order chi connectivity index (χ0) is 18.4. The molecule has 1 amide bonds. The third kappa shape index (κ3) is 5.00. The number of hydrogen-bond donors (Lipinski definition) is 1. The molecule has 132 valence electrons. The molecule has 7 heteroatoms. The maximum atomic E-state index is 12.1. The first-order valence-corrected chi connectivity index (χ1v) is 8.48. The van der Waals surface area contributed by atoms with E-state index < -0.39 is 0 Å². The average Bonchev–Trinajstić information content (AvgIpc) is 3.15. The van der Waals surface area contributed by atoms with Crippen LogP contribution in [0.25, 0.3) is 0 Å². The molecule has 0 aliphatic heterocycles. The number of rotatable bonds is 7. The molecule has 0 atom stereocenters. The average molecular weight is 369 g/mol. The lowest BCUT2D eigenvalue weighted by atomic mass is 10.1. The standard InChI is InChI=1S/C19H17ClN4O2/c20-16-5-3-15(4-6-16)18(25)9-10-19(26)23-17-7-1-14(2-8-17)11-24-13-21-12-22-24/h1-8,12-13H,9-11H2,(H,23,26). The molecule has 0 spiro atoms. The minimum absolute atomic E-state index is 0.0833. The van der Waals surface area contributed by atoms with Crippen LogP contribution in [0, 0.1) is 0 Å². The second-order valence-corrected chi connectivity index (χ2v) is 6.20. The van der Waals surface area contributed by atoms with Gasteiger partial charge in [0.05, 0.1) is 6.54 Å². The fourth-order valence-electron chi connectivity index (χ4n) is 2.43. The number of aromatic nitrogens is 3. The van der Waals surface area contributed by atoms with Crippen molar-refractivity contribution in [2.45, 2.75) is 19.4 Å². The highest BCUT2D eigenvalue weighted by Crippen LogP contribution is 2.14. The predicted octanol–water partition coefficient (Wildman–Crippen LogP) is 3.58. The number of anilines is 1. The highest BCUT2D eigenvalue weighted by Gasteiger charge is 2.09. The minimum Gasteiger partial charge on any atom is -0.326 e. The Balaban J connectivity index is 1.48. The van der Waals surface area contributed by atoms with Gasteiger partial charge in [0.15, 0.2) is 5.78 Å². The largest absolute Gasteiger partial charge is 0.326 e. The summed E-state index contributed by atoms with van der Waals surface area (Å²) in [4.78, 5) is 28.0. The molecule has 26 heavy (non-hydrogen) atoms.